The second kappa shape index (κ2) is 8.76. The van der Waals surface area contributed by atoms with Crippen LogP contribution in [-0.4, -0.2) is 54.0 Å². The van der Waals surface area contributed by atoms with Crippen molar-refractivity contribution in [1.29, 1.82) is 0 Å². The van der Waals surface area contributed by atoms with Gasteiger partial charge in [-0.05, 0) is 30.2 Å². The molecule has 1 saturated heterocycles. The highest BCUT2D eigenvalue weighted by molar-refractivity contribution is 5.74. The van der Waals surface area contributed by atoms with Crippen LogP contribution in [0.3, 0.4) is 0 Å². The Kier molecular flexibility index (Phi) is 6.58. The lowest BCUT2D eigenvalue weighted by molar-refractivity contribution is -0.0480. The molecule has 156 valence electrons. The summed E-state index contributed by atoms with van der Waals surface area (Å²) in [5.41, 5.74) is 1.30. The number of halogens is 2. The summed E-state index contributed by atoms with van der Waals surface area (Å²) in [6.07, 6.45) is 0.495. The van der Waals surface area contributed by atoms with Crippen molar-refractivity contribution in [3.05, 3.63) is 35.9 Å². The van der Waals surface area contributed by atoms with Crippen LogP contribution in [0, 0.1) is 11.8 Å². The number of carbonyl (C=O) groups excluding carboxylic acids is 1. The molecular weight excluding hydrogens is 360 g/mol. The predicted octanol–water partition coefficient (Wildman–Crippen LogP) is 4.36. The van der Waals surface area contributed by atoms with Gasteiger partial charge in [0.1, 0.15) is 0 Å². The summed E-state index contributed by atoms with van der Waals surface area (Å²) in [6, 6.07) is 10.3. The largest absolute Gasteiger partial charge is 0.335 e. The van der Waals surface area contributed by atoms with Crippen molar-refractivity contribution >= 4 is 6.03 Å². The third-order valence-corrected chi connectivity index (χ3v) is 6.41. The van der Waals surface area contributed by atoms with Gasteiger partial charge in [0, 0.05) is 51.6 Å². The molecule has 1 aromatic rings. The molecule has 2 fully saturated rings. The van der Waals surface area contributed by atoms with Crippen molar-refractivity contribution in [3.8, 4) is 0 Å². The minimum absolute atomic E-state index is 0.0941. The van der Waals surface area contributed by atoms with Gasteiger partial charge in [-0.2, -0.15) is 0 Å². The first-order valence-electron chi connectivity index (χ1n) is 10.4. The molecular formula is C22H33F2N3O. The molecule has 28 heavy (non-hydrogen) atoms. The van der Waals surface area contributed by atoms with E-state index >= 15 is 0 Å². The minimum atomic E-state index is -2.57. The molecule has 1 aliphatic carbocycles. The molecule has 1 N–H and O–H groups in total. The van der Waals surface area contributed by atoms with Crippen LogP contribution in [-0.2, 0) is 6.54 Å². The van der Waals surface area contributed by atoms with Gasteiger partial charge in [-0.15, -0.1) is 0 Å². The van der Waals surface area contributed by atoms with Crippen molar-refractivity contribution in [2.75, 3.05) is 20.1 Å². The maximum absolute atomic E-state index is 13.4. The van der Waals surface area contributed by atoms with Crippen molar-refractivity contribution in [3.63, 3.8) is 0 Å². The first-order chi connectivity index (χ1) is 13.2. The quantitative estimate of drug-likeness (QED) is 0.825. The molecule has 1 aliphatic heterocycles. The number of amides is 2. The van der Waals surface area contributed by atoms with Gasteiger partial charge < -0.3 is 10.2 Å². The molecule has 0 radical (unpaired) electrons. The van der Waals surface area contributed by atoms with E-state index in [1.165, 1.54) is 5.56 Å². The Hall–Kier alpha value is -1.69. The van der Waals surface area contributed by atoms with Crippen molar-refractivity contribution in [2.45, 2.75) is 64.1 Å². The summed E-state index contributed by atoms with van der Waals surface area (Å²) >= 11 is 0. The number of benzene rings is 1. The highest BCUT2D eigenvalue weighted by Crippen LogP contribution is 2.35. The van der Waals surface area contributed by atoms with Crippen LogP contribution in [0.5, 0.6) is 0 Å². The van der Waals surface area contributed by atoms with Crippen LogP contribution in [0.15, 0.2) is 30.3 Å². The number of urea groups is 1. The zero-order valence-electron chi connectivity index (χ0n) is 17.2. The molecule has 1 heterocycles. The zero-order chi connectivity index (χ0) is 20.3. The van der Waals surface area contributed by atoms with Crippen LogP contribution >= 0.6 is 0 Å². The minimum Gasteiger partial charge on any atom is -0.335 e. The van der Waals surface area contributed by atoms with E-state index in [1.807, 2.05) is 6.07 Å². The fourth-order valence-electron chi connectivity index (χ4n) is 4.75. The summed E-state index contributed by atoms with van der Waals surface area (Å²) in [7, 11) is 1.74. The average Bonchev–Trinajstić information content (AvgIpc) is 2.65. The van der Waals surface area contributed by atoms with Gasteiger partial charge in [0.05, 0.1) is 0 Å². The van der Waals surface area contributed by atoms with Crippen molar-refractivity contribution in [1.82, 2.24) is 15.1 Å². The first kappa shape index (κ1) is 21.0. The number of alkyl halides is 2. The molecule has 0 spiro atoms. The van der Waals surface area contributed by atoms with E-state index in [0.29, 0.717) is 24.7 Å². The summed E-state index contributed by atoms with van der Waals surface area (Å²) in [6.45, 7) is 7.15. The Morgan fingerprint density at radius 1 is 1.14 bits per heavy atom. The third-order valence-electron chi connectivity index (χ3n) is 6.41. The molecule has 6 heteroatoms. The van der Waals surface area contributed by atoms with E-state index in [0.717, 1.165) is 19.6 Å². The maximum Gasteiger partial charge on any atom is 0.317 e. The number of nitrogens with zero attached hydrogens (tertiary/aromatic N) is 2. The van der Waals surface area contributed by atoms with Crippen LogP contribution in [0.25, 0.3) is 0 Å². The summed E-state index contributed by atoms with van der Waals surface area (Å²) in [5, 5.41) is 3.19. The van der Waals surface area contributed by atoms with Gasteiger partial charge in [0.25, 0.3) is 0 Å². The molecule has 0 bridgehead atoms. The molecule has 1 saturated carbocycles. The van der Waals surface area contributed by atoms with E-state index in [9.17, 15) is 13.6 Å². The van der Waals surface area contributed by atoms with E-state index in [1.54, 1.807) is 11.9 Å². The lowest BCUT2D eigenvalue weighted by Gasteiger charge is -2.43. The zero-order valence-corrected chi connectivity index (χ0v) is 17.2. The standard InChI is InChI=1S/C22H33F2N3O/c1-16-13-27(15-18-7-5-4-6-8-18)14-17(2)20(16)25-21(28)26(3)19-9-11-22(23,24)12-10-19/h4-8,16-17,19-20H,9-15H2,1-3H3,(H,25,28). The Morgan fingerprint density at radius 2 is 1.71 bits per heavy atom. The number of hydrogen-bond acceptors (Lipinski definition) is 2. The summed E-state index contributed by atoms with van der Waals surface area (Å²) < 4.78 is 26.8. The van der Waals surface area contributed by atoms with Gasteiger partial charge in [-0.25, -0.2) is 13.6 Å². The number of nitrogens with one attached hydrogen (secondary N) is 1. The van der Waals surface area contributed by atoms with Crippen LogP contribution in [0.1, 0.15) is 45.1 Å². The second-order valence-corrected chi connectivity index (χ2v) is 8.81. The third kappa shape index (κ3) is 5.22. The molecule has 2 amide bonds. The molecule has 4 nitrogen and oxygen atoms in total. The smallest absolute Gasteiger partial charge is 0.317 e. The number of carbonyl (C=O) groups is 1. The maximum atomic E-state index is 13.4. The van der Waals surface area contributed by atoms with Gasteiger partial charge in [0.15, 0.2) is 0 Å². The Morgan fingerprint density at radius 3 is 2.29 bits per heavy atom. The fourth-order valence-corrected chi connectivity index (χ4v) is 4.75. The molecule has 2 aliphatic rings. The number of rotatable bonds is 4. The highest BCUT2D eigenvalue weighted by Gasteiger charge is 2.38. The first-order valence-corrected chi connectivity index (χ1v) is 10.4. The normalized spacial score (nSPS) is 28.7. The van der Waals surface area contributed by atoms with Crippen LogP contribution < -0.4 is 5.32 Å². The van der Waals surface area contributed by atoms with Crippen molar-refractivity contribution < 1.29 is 13.6 Å². The summed E-state index contributed by atoms with van der Waals surface area (Å²) in [5.74, 6) is -1.90. The van der Waals surface area contributed by atoms with Crippen LogP contribution in [0.2, 0.25) is 0 Å². The van der Waals surface area contributed by atoms with Crippen molar-refractivity contribution in [2.24, 2.45) is 11.8 Å². The van der Waals surface area contributed by atoms with Gasteiger partial charge in [-0.1, -0.05) is 44.2 Å². The van der Waals surface area contributed by atoms with Gasteiger partial charge in [-0.3, -0.25) is 4.90 Å². The van der Waals surface area contributed by atoms with Crippen LogP contribution in [0.4, 0.5) is 13.6 Å². The molecule has 2 atom stereocenters. The fraction of sp³-hybridized carbons (Fsp3) is 0.682. The number of piperidine rings is 1. The van der Waals surface area contributed by atoms with E-state index in [2.05, 4.69) is 48.3 Å². The molecule has 3 rings (SSSR count). The molecule has 1 aromatic carbocycles. The van der Waals surface area contributed by atoms with Gasteiger partial charge in [0.2, 0.25) is 5.92 Å². The molecule has 2 unspecified atom stereocenters. The van der Waals surface area contributed by atoms with Gasteiger partial charge >= 0.3 is 6.03 Å². The lowest BCUT2D eigenvalue weighted by Crippen LogP contribution is -2.57. The SMILES string of the molecule is CC1CN(Cc2ccccc2)CC(C)C1NC(=O)N(C)C1CCC(F)(F)CC1. The molecule has 0 aromatic heterocycles. The summed E-state index contributed by atoms with van der Waals surface area (Å²) in [4.78, 5) is 16.8. The average molecular weight is 394 g/mol. The highest BCUT2D eigenvalue weighted by atomic mass is 19.3. The Balaban J connectivity index is 1.52. The topological polar surface area (TPSA) is 35.6 Å². The second-order valence-electron chi connectivity index (χ2n) is 8.81. The number of likely N-dealkylation sites (tertiary alicyclic amines) is 1. The monoisotopic (exact) mass is 393 g/mol. The van der Waals surface area contributed by atoms with E-state index < -0.39 is 5.92 Å². The van der Waals surface area contributed by atoms with E-state index in [-0.39, 0.29) is 31.0 Å². The van der Waals surface area contributed by atoms with E-state index in [4.69, 9.17) is 0 Å². The lowest BCUT2D eigenvalue weighted by atomic mass is 9.85. The Labute approximate surface area is 167 Å². The predicted molar refractivity (Wildman–Crippen MR) is 107 cm³/mol. The Bertz CT molecular complexity index is 632. The number of hydrogen-bond donors (Lipinski definition) is 1.